The molecule has 0 fully saturated rings. The molecule has 2 N–H and O–H groups in total. The van der Waals surface area contributed by atoms with E-state index in [9.17, 15) is 10.0 Å². The Hall–Kier alpha value is -2.36. The number of anilines is 1. The lowest BCUT2D eigenvalue weighted by molar-refractivity contribution is -0.604. The van der Waals surface area contributed by atoms with E-state index in [1.807, 2.05) is 19.9 Å². The first-order chi connectivity index (χ1) is 8.68. The molecule has 1 heterocycles. The van der Waals surface area contributed by atoms with Gasteiger partial charge in [0.05, 0.1) is 5.56 Å². The van der Waals surface area contributed by atoms with Crippen molar-refractivity contribution in [2.45, 2.75) is 13.8 Å². The average Bonchev–Trinajstić information content (AvgIpc) is 2.41. The van der Waals surface area contributed by atoms with Gasteiger partial charge in [-0.2, -0.15) is 4.73 Å². The number of carbonyl (C=O) groups is 1. The molecule has 0 saturated heterocycles. The van der Waals surface area contributed by atoms with Crippen LogP contribution in [0.2, 0.25) is 0 Å². The van der Waals surface area contributed by atoms with Crippen LogP contribution >= 0.6 is 0 Å². The van der Waals surface area contributed by atoms with Crippen molar-refractivity contribution in [1.82, 2.24) is 0 Å². The van der Waals surface area contributed by atoms with E-state index in [0.29, 0.717) is 15.9 Å². The normalized spacial score (nSPS) is 9.22. The molecule has 2 rings (SSSR count). The number of pyridine rings is 1. The summed E-state index contributed by atoms with van der Waals surface area (Å²) in [5.41, 5.74) is 6.70. The largest absolute Gasteiger partial charge is 0.619 e. The average molecular weight is 244 g/mol. The lowest BCUT2D eigenvalue weighted by Gasteiger charge is -2.04. The van der Waals surface area contributed by atoms with E-state index in [2.05, 4.69) is 0 Å². The van der Waals surface area contributed by atoms with Gasteiger partial charge in [0.25, 0.3) is 0 Å². The van der Waals surface area contributed by atoms with Crippen molar-refractivity contribution in [1.29, 1.82) is 0 Å². The second-order valence-electron chi connectivity index (χ2n) is 3.37. The van der Waals surface area contributed by atoms with Gasteiger partial charge in [-0.1, -0.05) is 44.2 Å². The standard InChI is InChI=1S/C12H10N2O2.C2H6/c13-11-8-14(16)7-6-10(11)12(15)9-4-2-1-3-5-9;1-2/h1-8H,13H2;1-2H3. The van der Waals surface area contributed by atoms with Crippen molar-refractivity contribution in [3.8, 4) is 0 Å². The van der Waals surface area contributed by atoms with Gasteiger partial charge in [0, 0.05) is 11.6 Å². The Morgan fingerprint density at radius 2 is 1.78 bits per heavy atom. The Kier molecular flexibility index (Phi) is 4.87. The zero-order valence-corrected chi connectivity index (χ0v) is 10.5. The van der Waals surface area contributed by atoms with E-state index >= 15 is 0 Å². The second kappa shape index (κ2) is 6.39. The van der Waals surface area contributed by atoms with Crippen LogP contribution in [-0.2, 0) is 0 Å². The Morgan fingerprint density at radius 3 is 2.33 bits per heavy atom. The number of carbonyl (C=O) groups excluding carboxylic acids is 1. The molecule has 0 bridgehead atoms. The topological polar surface area (TPSA) is 70.0 Å². The van der Waals surface area contributed by atoms with E-state index in [1.165, 1.54) is 18.5 Å². The first-order valence-corrected chi connectivity index (χ1v) is 5.76. The number of nitrogens with zero attached hydrogens (tertiary/aromatic N) is 1. The molecule has 94 valence electrons. The molecule has 1 aromatic heterocycles. The van der Waals surface area contributed by atoms with Gasteiger partial charge in [-0.15, -0.1) is 0 Å². The van der Waals surface area contributed by atoms with Crippen LogP contribution in [0, 0.1) is 5.21 Å². The molecule has 0 atom stereocenters. The number of nitrogens with two attached hydrogens (primary N) is 1. The van der Waals surface area contributed by atoms with E-state index in [4.69, 9.17) is 5.73 Å². The summed E-state index contributed by atoms with van der Waals surface area (Å²) in [6, 6.07) is 10.2. The monoisotopic (exact) mass is 244 g/mol. The van der Waals surface area contributed by atoms with Crippen LogP contribution in [0.1, 0.15) is 29.8 Å². The number of hydrogen-bond acceptors (Lipinski definition) is 3. The zero-order chi connectivity index (χ0) is 13.5. The summed E-state index contributed by atoms with van der Waals surface area (Å²) in [7, 11) is 0. The van der Waals surface area contributed by atoms with Gasteiger partial charge in [0.15, 0.2) is 12.0 Å². The van der Waals surface area contributed by atoms with Crippen molar-refractivity contribution >= 4 is 11.5 Å². The van der Waals surface area contributed by atoms with Crippen LogP contribution < -0.4 is 10.5 Å². The smallest absolute Gasteiger partial charge is 0.204 e. The first kappa shape index (κ1) is 13.7. The van der Waals surface area contributed by atoms with Crippen LogP contribution in [-0.4, -0.2) is 5.78 Å². The SMILES string of the molecule is CC.Nc1c[n+]([O-])ccc1C(=O)c1ccccc1. The highest BCUT2D eigenvalue weighted by Gasteiger charge is 2.13. The van der Waals surface area contributed by atoms with Gasteiger partial charge in [0.1, 0.15) is 5.69 Å². The van der Waals surface area contributed by atoms with Gasteiger partial charge < -0.3 is 10.9 Å². The molecule has 2 aromatic rings. The predicted molar refractivity (Wildman–Crippen MR) is 71.0 cm³/mol. The predicted octanol–water partition coefficient (Wildman–Crippen LogP) is 2.16. The van der Waals surface area contributed by atoms with E-state index in [1.54, 1.807) is 24.3 Å². The third-order valence-corrected chi connectivity index (χ3v) is 2.25. The quantitative estimate of drug-likeness (QED) is 0.500. The molecule has 0 unspecified atom stereocenters. The van der Waals surface area contributed by atoms with E-state index in [-0.39, 0.29) is 11.5 Å². The first-order valence-electron chi connectivity index (χ1n) is 5.76. The molecule has 0 spiro atoms. The minimum atomic E-state index is -0.182. The lowest BCUT2D eigenvalue weighted by Crippen LogP contribution is -2.26. The second-order valence-corrected chi connectivity index (χ2v) is 3.37. The van der Waals surface area contributed by atoms with Gasteiger partial charge in [-0.3, -0.25) is 4.79 Å². The number of rotatable bonds is 2. The highest BCUT2D eigenvalue weighted by Crippen LogP contribution is 2.14. The Bertz CT molecular complexity index is 525. The fourth-order valence-electron chi connectivity index (χ4n) is 1.45. The van der Waals surface area contributed by atoms with Gasteiger partial charge in [-0.25, -0.2) is 0 Å². The third kappa shape index (κ3) is 3.07. The van der Waals surface area contributed by atoms with Crippen molar-refractivity contribution in [2.24, 2.45) is 0 Å². The number of benzene rings is 1. The summed E-state index contributed by atoms with van der Waals surface area (Å²) in [6.07, 6.45) is 2.43. The third-order valence-electron chi connectivity index (χ3n) is 2.25. The molecular weight excluding hydrogens is 228 g/mol. The van der Waals surface area contributed by atoms with Crippen LogP contribution in [0.5, 0.6) is 0 Å². The van der Waals surface area contributed by atoms with E-state index in [0.717, 1.165) is 0 Å². The minimum Gasteiger partial charge on any atom is -0.619 e. The van der Waals surface area contributed by atoms with Crippen LogP contribution in [0.25, 0.3) is 0 Å². The molecule has 0 aliphatic rings. The molecule has 18 heavy (non-hydrogen) atoms. The molecule has 1 aromatic carbocycles. The molecule has 4 nitrogen and oxygen atoms in total. The summed E-state index contributed by atoms with van der Waals surface area (Å²) >= 11 is 0. The molecule has 0 saturated carbocycles. The maximum Gasteiger partial charge on any atom is 0.204 e. The van der Waals surface area contributed by atoms with Gasteiger partial charge >= 0.3 is 0 Å². The summed E-state index contributed by atoms with van der Waals surface area (Å²) in [4.78, 5) is 12.0. The highest BCUT2D eigenvalue weighted by atomic mass is 16.5. The highest BCUT2D eigenvalue weighted by molar-refractivity contribution is 6.11. The van der Waals surface area contributed by atoms with Crippen LogP contribution in [0.15, 0.2) is 48.8 Å². The minimum absolute atomic E-state index is 0.182. The molecule has 0 aliphatic heterocycles. The number of aromatic nitrogens is 1. The van der Waals surface area contributed by atoms with Gasteiger partial charge in [-0.05, 0) is 0 Å². The summed E-state index contributed by atoms with van der Waals surface area (Å²) in [5, 5.41) is 10.9. The van der Waals surface area contributed by atoms with Crippen LogP contribution in [0.3, 0.4) is 0 Å². The molecule has 0 amide bonds. The lowest BCUT2D eigenvalue weighted by atomic mass is 10.0. The molecular formula is C14H16N2O2. The summed E-state index contributed by atoms with van der Waals surface area (Å²) < 4.78 is 0.567. The molecule has 0 aliphatic carbocycles. The zero-order valence-electron chi connectivity index (χ0n) is 10.5. The summed E-state index contributed by atoms with van der Waals surface area (Å²) in [6.45, 7) is 4.00. The van der Waals surface area contributed by atoms with Crippen molar-refractivity contribution in [2.75, 3.05) is 5.73 Å². The maximum absolute atomic E-state index is 12.0. The fourth-order valence-corrected chi connectivity index (χ4v) is 1.45. The Labute approximate surface area is 106 Å². The van der Waals surface area contributed by atoms with Crippen molar-refractivity contribution in [3.63, 3.8) is 0 Å². The number of hydrogen-bond donors (Lipinski definition) is 1. The summed E-state index contributed by atoms with van der Waals surface area (Å²) in [5.74, 6) is -0.182. The molecule has 4 heteroatoms. The number of ketones is 1. The fraction of sp³-hybridized carbons (Fsp3) is 0.143. The number of nitrogen functional groups attached to an aromatic ring is 1. The Balaban J connectivity index is 0.000000771. The molecule has 0 radical (unpaired) electrons. The van der Waals surface area contributed by atoms with Crippen LogP contribution in [0.4, 0.5) is 5.69 Å². The van der Waals surface area contributed by atoms with Crippen molar-refractivity contribution in [3.05, 3.63) is 65.1 Å². The maximum atomic E-state index is 12.0. The Morgan fingerprint density at radius 1 is 1.17 bits per heavy atom. The van der Waals surface area contributed by atoms with E-state index < -0.39 is 0 Å². The van der Waals surface area contributed by atoms with Gasteiger partial charge in [0.2, 0.25) is 6.20 Å². The van der Waals surface area contributed by atoms with Crippen molar-refractivity contribution < 1.29 is 9.52 Å².